The van der Waals surface area contributed by atoms with Crippen LogP contribution in [0.15, 0.2) is 48.8 Å². The Morgan fingerprint density at radius 2 is 2.03 bits per heavy atom. The third-order valence-electron chi connectivity index (χ3n) is 5.90. The number of fused-ring (bicyclic) bond motifs is 1. The van der Waals surface area contributed by atoms with Gasteiger partial charge in [-0.1, -0.05) is 41.1 Å². The number of carbonyl (C=O) groups excluding carboxylic acids is 1. The number of para-hydroxylation sites is 1. The first-order chi connectivity index (χ1) is 17.0. The number of ether oxygens (including phenoxy) is 1. The minimum atomic E-state index is -0.335. The topological polar surface area (TPSA) is 93.1 Å². The molecular weight excluding hydrogens is 484 g/mol. The van der Waals surface area contributed by atoms with Crippen LogP contribution in [0.2, 0.25) is 5.15 Å². The van der Waals surface area contributed by atoms with Crippen molar-refractivity contribution in [3.05, 3.63) is 75.8 Å². The number of aromatic nitrogens is 4. The summed E-state index contributed by atoms with van der Waals surface area (Å²) < 4.78 is 5.44. The Hall–Kier alpha value is -3.56. The van der Waals surface area contributed by atoms with E-state index in [9.17, 15) is 4.79 Å². The quantitative estimate of drug-likeness (QED) is 0.359. The molecule has 4 aromatic rings. The summed E-state index contributed by atoms with van der Waals surface area (Å²) in [4.78, 5) is 24.0. The zero-order valence-corrected chi connectivity index (χ0v) is 20.9. The average molecular weight is 507 g/mol. The lowest BCUT2D eigenvalue weighted by atomic mass is 10.0. The van der Waals surface area contributed by atoms with Crippen LogP contribution in [0.25, 0.3) is 11.1 Å². The number of rotatable bonds is 7. The van der Waals surface area contributed by atoms with E-state index in [-0.39, 0.29) is 5.91 Å². The summed E-state index contributed by atoms with van der Waals surface area (Å²) >= 11 is 7.51. The maximum atomic E-state index is 13.2. The number of hydrogen-bond donors (Lipinski definition) is 1. The maximum Gasteiger partial charge on any atom is 0.259 e. The minimum absolute atomic E-state index is 0.302. The van der Waals surface area contributed by atoms with Gasteiger partial charge in [-0.15, -0.1) is 10.2 Å². The van der Waals surface area contributed by atoms with Crippen molar-refractivity contribution in [2.75, 3.05) is 30.4 Å². The largest absolute Gasteiger partial charge is 0.494 e. The number of benzene rings is 1. The smallest absolute Gasteiger partial charge is 0.259 e. The highest BCUT2D eigenvalue weighted by Crippen LogP contribution is 2.34. The number of anilines is 2. The molecular formula is C25H23ClN6O2S. The van der Waals surface area contributed by atoms with Gasteiger partial charge in [0.15, 0.2) is 0 Å². The van der Waals surface area contributed by atoms with Gasteiger partial charge in [0.25, 0.3) is 5.91 Å². The highest BCUT2D eigenvalue weighted by Gasteiger charge is 2.21. The molecule has 1 aliphatic rings. The SMILES string of the molecule is COc1cnc(Cl)cc1-c1cc(C)ncc1C(=O)Nc1nnc(CCN2CCc3ccccc32)s1. The first-order valence-electron chi connectivity index (χ1n) is 11.1. The van der Waals surface area contributed by atoms with Crippen LogP contribution in [0.1, 0.15) is 26.6 Å². The van der Waals surface area contributed by atoms with Gasteiger partial charge in [-0.25, -0.2) is 4.98 Å². The van der Waals surface area contributed by atoms with Crippen LogP contribution in [-0.4, -0.2) is 46.3 Å². The van der Waals surface area contributed by atoms with Crippen molar-refractivity contribution in [1.29, 1.82) is 0 Å². The van der Waals surface area contributed by atoms with Gasteiger partial charge in [-0.2, -0.15) is 0 Å². The summed E-state index contributed by atoms with van der Waals surface area (Å²) in [5, 5.41) is 12.9. The molecule has 0 aliphatic carbocycles. The Morgan fingerprint density at radius 3 is 2.89 bits per heavy atom. The molecule has 0 saturated heterocycles. The lowest BCUT2D eigenvalue weighted by Gasteiger charge is -2.18. The highest BCUT2D eigenvalue weighted by atomic mass is 35.5. The zero-order chi connectivity index (χ0) is 24.4. The van der Waals surface area contributed by atoms with Crippen molar-refractivity contribution in [2.24, 2.45) is 0 Å². The number of methoxy groups -OCH3 is 1. The molecule has 0 radical (unpaired) electrons. The van der Waals surface area contributed by atoms with Crippen molar-refractivity contribution in [3.8, 4) is 16.9 Å². The summed E-state index contributed by atoms with van der Waals surface area (Å²) in [5.41, 5.74) is 5.11. The number of hydrogen-bond acceptors (Lipinski definition) is 8. The molecule has 0 bridgehead atoms. The molecule has 0 saturated carbocycles. The Kier molecular flexibility index (Phi) is 6.61. The first-order valence-corrected chi connectivity index (χ1v) is 12.3. The van der Waals surface area contributed by atoms with Gasteiger partial charge in [0.05, 0.1) is 18.9 Å². The first kappa shape index (κ1) is 23.2. The van der Waals surface area contributed by atoms with Gasteiger partial charge < -0.3 is 9.64 Å². The van der Waals surface area contributed by atoms with Crippen LogP contribution in [-0.2, 0) is 12.8 Å². The Morgan fingerprint density at radius 1 is 1.17 bits per heavy atom. The van der Waals surface area contributed by atoms with Gasteiger partial charge in [-0.05, 0) is 37.1 Å². The third kappa shape index (κ3) is 4.96. The second kappa shape index (κ2) is 9.97. The van der Waals surface area contributed by atoms with E-state index in [0.29, 0.717) is 32.7 Å². The van der Waals surface area contributed by atoms with E-state index in [1.54, 1.807) is 19.4 Å². The normalized spacial score (nSPS) is 12.5. The van der Waals surface area contributed by atoms with Crippen molar-refractivity contribution < 1.29 is 9.53 Å². The van der Waals surface area contributed by atoms with Gasteiger partial charge >= 0.3 is 0 Å². The standard InChI is InChI=1S/C25H23ClN6O2S/c1-15-11-17(18-12-22(26)28-14-21(18)34-2)19(13-27-15)24(33)29-25-31-30-23(35-25)8-10-32-9-7-16-5-3-4-6-20(16)32/h3-6,11-14H,7-10H2,1-2H3,(H,29,31,33). The number of carbonyl (C=O) groups is 1. The highest BCUT2D eigenvalue weighted by molar-refractivity contribution is 7.15. The lowest BCUT2D eigenvalue weighted by Crippen LogP contribution is -2.23. The Balaban J connectivity index is 1.31. The molecule has 0 spiro atoms. The second-order valence-corrected chi connectivity index (χ2v) is 9.60. The molecule has 0 unspecified atom stereocenters. The van der Waals surface area contributed by atoms with Crippen molar-refractivity contribution in [3.63, 3.8) is 0 Å². The molecule has 178 valence electrons. The minimum Gasteiger partial charge on any atom is -0.494 e. The molecule has 0 atom stereocenters. The fourth-order valence-electron chi connectivity index (χ4n) is 4.19. The number of pyridine rings is 2. The van der Waals surface area contributed by atoms with E-state index in [1.807, 2.05) is 13.0 Å². The fourth-order valence-corrected chi connectivity index (χ4v) is 5.07. The summed E-state index contributed by atoms with van der Waals surface area (Å²) in [7, 11) is 1.55. The number of nitrogens with one attached hydrogen (secondary N) is 1. The van der Waals surface area contributed by atoms with Crippen LogP contribution < -0.4 is 15.0 Å². The molecule has 8 nitrogen and oxygen atoms in total. The van der Waals surface area contributed by atoms with Crippen molar-refractivity contribution in [1.82, 2.24) is 20.2 Å². The number of aryl methyl sites for hydroxylation is 1. The summed E-state index contributed by atoms with van der Waals surface area (Å²) in [6.07, 6.45) is 4.89. The number of amides is 1. The van der Waals surface area contributed by atoms with Crippen molar-refractivity contribution in [2.45, 2.75) is 19.8 Å². The second-order valence-electron chi connectivity index (χ2n) is 8.15. The predicted molar refractivity (Wildman–Crippen MR) is 138 cm³/mol. The summed E-state index contributed by atoms with van der Waals surface area (Å²) in [6, 6.07) is 12.0. The Bertz CT molecular complexity index is 1390. The van der Waals surface area contributed by atoms with Crippen molar-refractivity contribution >= 4 is 39.7 Å². The fraction of sp³-hybridized carbons (Fsp3) is 0.240. The van der Waals surface area contributed by atoms with E-state index in [4.69, 9.17) is 16.3 Å². The molecule has 1 aromatic carbocycles. The lowest BCUT2D eigenvalue weighted by molar-refractivity contribution is 0.102. The molecule has 10 heteroatoms. The van der Waals surface area contributed by atoms with E-state index < -0.39 is 0 Å². The van der Waals surface area contributed by atoms with Gasteiger partial charge in [0.2, 0.25) is 5.13 Å². The van der Waals surface area contributed by atoms with Gasteiger partial charge in [0, 0.05) is 48.2 Å². The van der Waals surface area contributed by atoms with E-state index in [1.165, 1.54) is 28.8 Å². The van der Waals surface area contributed by atoms with Crippen LogP contribution in [0.5, 0.6) is 5.75 Å². The molecule has 1 amide bonds. The molecule has 5 rings (SSSR count). The molecule has 4 heterocycles. The van der Waals surface area contributed by atoms with E-state index in [2.05, 4.69) is 54.6 Å². The molecule has 1 aliphatic heterocycles. The predicted octanol–water partition coefficient (Wildman–Crippen LogP) is 4.82. The maximum absolute atomic E-state index is 13.2. The summed E-state index contributed by atoms with van der Waals surface area (Å²) in [5.74, 6) is 0.175. The molecule has 35 heavy (non-hydrogen) atoms. The van der Waals surface area contributed by atoms with Crippen LogP contribution >= 0.6 is 22.9 Å². The number of nitrogens with zero attached hydrogens (tertiary/aromatic N) is 5. The summed E-state index contributed by atoms with van der Waals surface area (Å²) in [6.45, 7) is 3.72. The van der Waals surface area contributed by atoms with Crippen LogP contribution in [0.4, 0.5) is 10.8 Å². The zero-order valence-electron chi connectivity index (χ0n) is 19.3. The molecule has 1 N–H and O–H groups in total. The van der Waals surface area contributed by atoms with Crippen LogP contribution in [0.3, 0.4) is 0 Å². The molecule has 3 aromatic heterocycles. The Labute approximate surface area is 212 Å². The van der Waals surface area contributed by atoms with E-state index in [0.717, 1.165) is 36.6 Å². The van der Waals surface area contributed by atoms with E-state index >= 15 is 0 Å². The van der Waals surface area contributed by atoms with Gasteiger partial charge in [0.1, 0.15) is 15.9 Å². The number of halogens is 1. The van der Waals surface area contributed by atoms with Gasteiger partial charge in [-0.3, -0.25) is 15.1 Å². The monoisotopic (exact) mass is 506 g/mol. The molecule has 0 fully saturated rings. The van der Waals surface area contributed by atoms with Crippen LogP contribution in [0, 0.1) is 6.92 Å². The average Bonchev–Trinajstić information content (AvgIpc) is 3.49. The third-order valence-corrected chi connectivity index (χ3v) is 7.00.